The molecule has 2 aromatic heterocycles. The molecule has 0 fully saturated rings. The molecule has 1 atom stereocenters. The van der Waals surface area contributed by atoms with Crippen LogP contribution >= 0.6 is 15.9 Å². The van der Waals surface area contributed by atoms with E-state index < -0.39 is 0 Å². The molecular formula is C19H21BrN2O. The summed E-state index contributed by atoms with van der Waals surface area (Å²) in [5.74, 6) is 0. The average Bonchev–Trinajstić information content (AvgIpc) is 2.85. The molecule has 23 heavy (non-hydrogen) atoms. The van der Waals surface area contributed by atoms with Gasteiger partial charge in [-0.05, 0) is 56.7 Å². The van der Waals surface area contributed by atoms with Crippen LogP contribution in [0.4, 0.5) is 0 Å². The molecular weight excluding hydrogens is 352 g/mol. The van der Waals surface area contributed by atoms with Crippen LogP contribution in [0.25, 0.3) is 22.2 Å². The van der Waals surface area contributed by atoms with Crippen molar-refractivity contribution >= 4 is 26.8 Å². The molecule has 0 N–H and O–H groups in total. The maximum Gasteiger partial charge on any atom is 0.0969 e. The van der Waals surface area contributed by atoms with E-state index in [0.717, 1.165) is 22.3 Å². The van der Waals surface area contributed by atoms with Crippen molar-refractivity contribution in [3.63, 3.8) is 0 Å². The van der Waals surface area contributed by atoms with Gasteiger partial charge in [0.15, 0.2) is 0 Å². The fourth-order valence-corrected chi connectivity index (χ4v) is 3.58. The van der Waals surface area contributed by atoms with Crippen LogP contribution in [0.1, 0.15) is 31.2 Å². The Hall–Kier alpha value is -1.65. The Bertz CT molecular complexity index is 854. The van der Waals surface area contributed by atoms with E-state index in [1.54, 1.807) is 7.11 Å². The number of hydrogen-bond acceptors (Lipinski definition) is 2. The van der Waals surface area contributed by atoms with Gasteiger partial charge in [-0.1, -0.05) is 15.9 Å². The molecule has 2 heterocycles. The van der Waals surface area contributed by atoms with Crippen LogP contribution in [-0.2, 0) is 11.3 Å². The van der Waals surface area contributed by atoms with Gasteiger partial charge in [0.1, 0.15) is 0 Å². The van der Waals surface area contributed by atoms with Gasteiger partial charge >= 0.3 is 0 Å². The van der Waals surface area contributed by atoms with Gasteiger partial charge < -0.3 is 9.30 Å². The molecule has 120 valence electrons. The van der Waals surface area contributed by atoms with Crippen LogP contribution in [0, 0.1) is 6.92 Å². The molecule has 0 spiro atoms. The van der Waals surface area contributed by atoms with E-state index in [4.69, 9.17) is 4.74 Å². The number of methoxy groups -OCH3 is 1. The minimum Gasteiger partial charge on any atom is -0.375 e. The molecule has 1 aromatic carbocycles. The zero-order chi connectivity index (χ0) is 16.6. The first-order valence-corrected chi connectivity index (χ1v) is 8.64. The zero-order valence-corrected chi connectivity index (χ0v) is 15.5. The van der Waals surface area contributed by atoms with Gasteiger partial charge in [-0.3, -0.25) is 4.98 Å². The Morgan fingerprint density at radius 1 is 1.30 bits per heavy atom. The fourth-order valence-electron chi connectivity index (χ4n) is 3.22. The number of fused-ring (bicyclic) bond motifs is 1. The highest BCUT2D eigenvalue weighted by Crippen LogP contribution is 2.37. The topological polar surface area (TPSA) is 27.1 Å². The van der Waals surface area contributed by atoms with Crippen LogP contribution in [0.15, 0.2) is 41.0 Å². The van der Waals surface area contributed by atoms with Gasteiger partial charge in [0.05, 0.1) is 17.5 Å². The van der Waals surface area contributed by atoms with Gasteiger partial charge in [0.25, 0.3) is 0 Å². The second-order valence-electron chi connectivity index (χ2n) is 5.69. The Morgan fingerprint density at radius 2 is 2.09 bits per heavy atom. The summed E-state index contributed by atoms with van der Waals surface area (Å²) >= 11 is 3.59. The van der Waals surface area contributed by atoms with E-state index >= 15 is 0 Å². The van der Waals surface area contributed by atoms with Crippen LogP contribution in [0.3, 0.4) is 0 Å². The van der Waals surface area contributed by atoms with Crippen molar-refractivity contribution in [2.24, 2.45) is 0 Å². The Balaban J connectivity index is 2.35. The van der Waals surface area contributed by atoms with Crippen LogP contribution in [-0.4, -0.2) is 16.7 Å². The predicted molar refractivity (Wildman–Crippen MR) is 98.7 cm³/mol. The van der Waals surface area contributed by atoms with Gasteiger partial charge in [0, 0.05) is 40.8 Å². The summed E-state index contributed by atoms with van der Waals surface area (Å²) in [4.78, 5) is 4.58. The number of pyridine rings is 1. The van der Waals surface area contributed by atoms with E-state index in [0.29, 0.717) is 0 Å². The third-order valence-electron chi connectivity index (χ3n) is 4.43. The lowest BCUT2D eigenvalue weighted by Gasteiger charge is -2.16. The molecule has 0 aliphatic rings. The summed E-state index contributed by atoms with van der Waals surface area (Å²) in [5, 5.41) is 1.27. The number of aromatic nitrogens is 2. The van der Waals surface area contributed by atoms with Gasteiger partial charge in [-0.2, -0.15) is 0 Å². The monoisotopic (exact) mass is 372 g/mol. The maximum atomic E-state index is 5.53. The van der Waals surface area contributed by atoms with Crippen LogP contribution in [0.5, 0.6) is 0 Å². The number of ether oxygens (including phenoxy) is 1. The van der Waals surface area contributed by atoms with Gasteiger partial charge in [0.2, 0.25) is 0 Å². The molecule has 0 saturated heterocycles. The Morgan fingerprint density at radius 3 is 2.78 bits per heavy atom. The number of aryl methyl sites for hydroxylation is 2. The lowest BCUT2D eigenvalue weighted by atomic mass is 10.0. The predicted octanol–water partition coefficient (Wildman–Crippen LogP) is 5.50. The van der Waals surface area contributed by atoms with Crippen LogP contribution in [0.2, 0.25) is 0 Å². The fraction of sp³-hybridized carbons (Fsp3) is 0.316. The van der Waals surface area contributed by atoms with Gasteiger partial charge in [-0.25, -0.2) is 0 Å². The minimum atomic E-state index is -0.0411. The highest BCUT2D eigenvalue weighted by atomic mass is 79.9. The van der Waals surface area contributed by atoms with Crippen molar-refractivity contribution in [3.05, 3.63) is 52.3 Å². The number of nitrogens with zero attached hydrogens (tertiary/aromatic N) is 2. The summed E-state index contributed by atoms with van der Waals surface area (Å²) in [6.07, 6.45) is 1.79. The highest BCUT2D eigenvalue weighted by molar-refractivity contribution is 9.10. The second-order valence-corrected chi connectivity index (χ2v) is 6.61. The molecule has 0 saturated carbocycles. The smallest absolute Gasteiger partial charge is 0.0969 e. The Kier molecular flexibility index (Phi) is 4.55. The number of benzene rings is 1. The highest BCUT2D eigenvalue weighted by Gasteiger charge is 2.20. The molecule has 4 heteroatoms. The van der Waals surface area contributed by atoms with Crippen molar-refractivity contribution in [1.29, 1.82) is 0 Å². The summed E-state index contributed by atoms with van der Waals surface area (Å²) in [5.41, 5.74) is 5.89. The van der Waals surface area contributed by atoms with Crippen molar-refractivity contribution in [3.8, 4) is 11.3 Å². The molecule has 0 aliphatic heterocycles. The SMILES string of the molecule is CCn1c(-c2cccnc2[C@H](C)OC)c(C)c2cc(Br)ccc21. The lowest BCUT2D eigenvalue weighted by molar-refractivity contribution is 0.116. The molecule has 0 aliphatic carbocycles. The number of hydrogen-bond donors (Lipinski definition) is 0. The Labute approximate surface area is 145 Å². The number of halogens is 1. The van der Waals surface area contributed by atoms with Crippen molar-refractivity contribution in [2.45, 2.75) is 33.4 Å². The van der Waals surface area contributed by atoms with Crippen molar-refractivity contribution in [1.82, 2.24) is 9.55 Å². The van der Waals surface area contributed by atoms with E-state index in [1.165, 1.54) is 22.2 Å². The first-order chi connectivity index (χ1) is 11.1. The van der Waals surface area contributed by atoms with E-state index in [9.17, 15) is 0 Å². The number of rotatable bonds is 4. The lowest BCUT2D eigenvalue weighted by Crippen LogP contribution is -2.05. The third-order valence-corrected chi connectivity index (χ3v) is 4.92. The summed E-state index contributed by atoms with van der Waals surface area (Å²) < 4.78 is 8.99. The molecule has 0 unspecified atom stereocenters. The third kappa shape index (κ3) is 2.70. The molecule has 0 bridgehead atoms. The first-order valence-electron chi connectivity index (χ1n) is 7.84. The van der Waals surface area contributed by atoms with E-state index in [-0.39, 0.29) is 6.10 Å². The average molecular weight is 373 g/mol. The molecule has 0 radical (unpaired) electrons. The summed E-state index contributed by atoms with van der Waals surface area (Å²) in [6, 6.07) is 10.6. The molecule has 0 amide bonds. The zero-order valence-electron chi connectivity index (χ0n) is 13.9. The van der Waals surface area contributed by atoms with E-state index in [1.807, 2.05) is 19.2 Å². The van der Waals surface area contributed by atoms with E-state index in [2.05, 4.69) is 63.6 Å². The quantitative estimate of drug-likeness (QED) is 0.604. The summed E-state index contributed by atoms with van der Waals surface area (Å²) in [7, 11) is 1.72. The maximum absolute atomic E-state index is 5.53. The summed E-state index contributed by atoms with van der Waals surface area (Å²) in [6.45, 7) is 7.32. The van der Waals surface area contributed by atoms with Crippen LogP contribution < -0.4 is 0 Å². The minimum absolute atomic E-state index is 0.0411. The molecule has 3 aromatic rings. The van der Waals surface area contributed by atoms with Crippen molar-refractivity contribution in [2.75, 3.05) is 7.11 Å². The second kappa shape index (κ2) is 6.46. The largest absolute Gasteiger partial charge is 0.375 e. The molecule has 3 nitrogen and oxygen atoms in total. The van der Waals surface area contributed by atoms with Gasteiger partial charge in [-0.15, -0.1) is 0 Å². The first kappa shape index (κ1) is 16.2. The normalized spacial score (nSPS) is 12.7. The standard InChI is InChI=1S/C19H21BrN2O/c1-5-22-17-9-8-14(20)11-16(17)12(2)19(22)15-7-6-10-21-18(15)13(3)23-4/h6-11,13H,5H2,1-4H3/t13-/m0/s1. The molecule has 3 rings (SSSR count). The van der Waals surface area contributed by atoms with Crippen molar-refractivity contribution < 1.29 is 4.74 Å².